The van der Waals surface area contributed by atoms with Crippen LogP contribution in [0, 0.1) is 0 Å². The van der Waals surface area contributed by atoms with Gasteiger partial charge in [0.2, 0.25) is 11.6 Å². The van der Waals surface area contributed by atoms with Gasteiger partial charge in [0.15, 0.2) is 0 Å². The van der Waals surface area contributed by atoms with Crippen molar-refractivity contribution in [1.82, 2.24) is 9.97 Å². The number of hydrogen-bond acceptors (Lipinski definition) is 6. The van der Waals surface area contributed by atoms with Crippen molar-refractivity contribution in [2.75, 3.05) is 17.2 Å². The molecule has 2 aromatic heterocycles. The molecule has 3 aromatic carbocycles. The minimum absolute atomic E-state index is 0.128. The third-order valence-electron chi connectivity index (χ3n) is 5.82. The first-order valence-corrected chi connectivity index (χ1v) is 11.5. The summed E-state index contributed by atoms with van der Waals surface area (Å²) in [6.45, 7) is 3.40. The zero-order valence-corrected chi connectivity index (χ0v) is 19.4. The van der Waals surface area contributed by atoms with E-state index in [1.165, 1.54) is 12.4 Å². The minimum atomic E-state index is -0.384. The van der Waals surface area contributed by atoms with E-state index in [-0.39, 0.29) is 18.6 Å². The smallest absolute Gasteiger partial charge is 0.247 e. The highest BCUT2D eigenvalue weighted by Gasteiger charge is 2.24. The molecule has 7 nitrogen and oxygen atoms in total. The molecule has 0 fully saturated rings. The molecule has 5 aromatic rings. The van der Waals surface area contributed by atoms with Crippen LogP contribution in [0.3, 0.4) is 0 Å². The van der Waals surface area contributed by atoms with Gasteiger partial charge in [0.1, 0.15) is 17.9 Å². The van der Waals surface area contributed by atoms with E-state index in [4.69, 9.17) is 4.42 Å². The van der Waals surface area contributed by atoms with Crippen LogP contribution in [-0.4, -0.2) is 27.6 Å². The summed E-state index contributed by atoms with van der Waals surface area (Å²) in [7, 11) is 0. The van der Waals surface area contributed by atoms with Crippen molar-refractivity contribution in [2.45, 2.75) is 6.04 Å². The first-order chi connectivity index (χ1) is 17.7. The Morgan fingerprint density at radius 1 is 0.972 bits per heavy atom. The van der Waals surface area contributed by atoms with E-state index in [1.807, 2.05) is 84.9 Å². The fraction of sp³-hybridized carbons (Fsp3) is 0.0690. The van der Waals surface area contributed by atoms with Crippen molar-refractivity contribution >= 4 is 28.5 Å². The second-order valence-corrected chi connectivity index (χ2v) is 8.14. The lowest BCUT2D eigenvalue weighted by atomic mass is 9.98. The summed E-state index contributed by atoms with van der Waals surface area (Å²) in [4.78, 5) is 20.8. The summed E-state index contributed by atoms with van der Waals surface area (Å²) in [5.41, 5.74) is 4.42. The van der Waals surface area contributed by atoms with Crippen LogP contribution in [-0.2, 0) is 4.79 Å². The second kappa shape index (κ2) is 10.2. The first kappa shape index (κ1) is 23.0. The monoisotopic (exact) mass is 476 g/mol. The van der Waals surface area contributed by atoms with E-state index >= 15 is 0 Å². The molecule has 0 radical (unpaired) electrons. The Bertz CT molecular complexity index is 1510. The third kappa shape index (κ3) is 4.60. The van der Waals surface area contributed by atoms with Gasteiger partial charge >= 0.3 is 0 Å². The maximum absolute atomic E-state index is 11.9. The largest absolute Gasteiger partial charge is 0.437 e. The Morgan fingerprint density at radius 3 is 2.42 bits per heavy atom. The van der Waals surface area contributed by atoms with Crippen molar-refractivity contribution in [3.05, 3.63) is 109 Å². The zero-order valence-electron chi connectivity index (χ0n) is 19.4. The fourth-order valence-corrected chi connectivity index (χ4v) is 4.14. The molecule has 0 saturated heterocycles. The van der Waals surface area contributed by atoms with Crippen molar-refractivity contribution in [2.24, 2.45) is 0 Å². The highest BCUT2D eigenvalue weighted by molar-refractivity contribution is 6.07. The Kier molecular flexibility index (Phi) is 6.55. The number of hydrogen-bond donors (Lipinski definition) is 3. The average molecular weight is 477 g/mol. The number of rotatable bonds is 8. The number of furan rings is 1. The Morgan fingerprint density at radius 2 is 1.69 bits per heavy atom. The average Bonchev–Trinajstić information content (AvgIpc) is 3.33. The number of fused-ring (bicyclic) bond motifs is 1. The number of nitrogens with zero attached hydrogens (tertiary/aromatic N) is 2. The highest BCUT2D eigenvalue weighted by atomic mass is 16.3. The maximum Gasteiger partial charge on any atom is 0.247 e. The van der Waals surface area contributed by atoms with Crippen LogP contribution >= 0.6 is 0 Å². The van der Waals surface area contributed by atoms with Gasteiger partial charge in [-0.25, -0.2) is 9.97 Å². The van der Waals surface area contributed by atoms with Crippen molar-refractivity contribution in [3.8, 4) is 22.5 Å². The molecule has 0 bridgehead atoms. The molecule has 0 spiro atoms. The molecule has 0 unspecified atom stereocenters. The van der Waals surface area contributed by atoms with Gasteiger partial charge < -0.3 is 20.2 Å². The molecule has 0 aliphatic rings. The number of aromatic nitrogens is 2. The van der Waals surface area contributed by atoms with E-state index in [9.17, 15) is 9.90 Å². The number of carbonyl (C=O) groups excluding carboxylic acids is 1. The number of nitrogens with one attached hydrogen (secondary N) is 2. The maximum atomic E-state index is 11.9. The lowest BCUT2D eigenvalue weighted by Crippen LogP contribution is -2.15. The Labute approximate surface area is 208 Å². The summed E-state index contributed by atoms with van der Waals surface area (Å²) >= 11 is 0. The molecule has 5 rings (SSSR count). The van der Waals surface area contributed by atoms with Crippen molar-refractivity contribution < 1.29 is 14.3 Å². The van der Waals surface area contributed by atoms with Crippen LogP contribution in [0.5, 0.6) is 0 Å². The number of anilines is 2. The van der Waals surface area contributed by atoms with Crippen LogP contribution in [0.25, 0.3) is 33.6 Å². The predicted octanol–water partition coefficient (Wildman–Crippen LogP) is 5.83. The minimum Gasteiger partial charge on any atom is -0.437 e. The van der Waals surface area contributed by atoms with Crippen molar-refractivity contribution in [1.29, 1.82) is 0 Å². The summed E-state index contributed by atoms with van der Waals surface area (Å²) < 4.78 is 6.29. The molecular formula is C29H24N4O3. The number of carbonyl (C=O) groups is 1. The number of aliphatic hydroxyl groups is 1. The van der Waals surface area contributed by atoms with Crippen LogP contribution in [0.2, 0.25) is 0 Å². The van der Waals surface area contributed by atoms with Gasteiger partial charge in [-0.2, -0.15) is 0 Å². The number of benzene rings is 3. The van der Waals surface area contributed by atoms with E-state index < -0.39 is 0 Å². The predicted molar refractivity (Wildman–Crippen MR) is 141 cm³/mol. The second-order valence-electron chi connectivity index (χ2n) is 8.14. The molecule has 0 aliphatic heterocycles. The van der Waals surface area contributed by atoms with E-state index in [1.54, 1.807) is 0 Å². The molecular weight excluding hydrogens is 452 g/mol. The number of amides is 1. The molecule has 0 saturated carbocycles. The van der Waals surface area contributed by atoms with Gasteiger partial charge in [-0.05, 0) is 29.3 Å². The summed E-state index contributed by atoms with van der Waals surface area (Å²) in [6, 6.07) is 26.5. The molecule has 7 heteroatoms. The van der Waals surface area contributed by atoms with E-state index in [2.05, 4.69) is 27.2 Å². The molecule has 36 heavy (non-hydrogen) atoms. The molecule has 1 amide bonds. The topological polar surface area (TPSA) is 100 Å². The first-order valence-electron chi connectivity index (χ1n) is 11.5. The Hall–Kier alpha value is -4.75. The standard InChI is InChI=1S/C29H24N4O3/c1-2-24(35)32-22-15-9-14-21(16-22)25-26-28(33-23(17-34)19-10-5-3-6-11-19)30-18-31-29(26)36-27(25)20-12-7-4-8-13-20/h2-16,18,23,34H,1,17H2,(H,32,35)(H,30,31,33)/t23-/m1/s1. The van der Waals surface area contributed by atoms with Crippen LogP contribution < -0.4 is 10.6 Å². The summed E-state index contributed by atoms with van der Waals surface area (Å²) in [5.74, 6) is 0.859. The van der Waals surface area contributed by atoms with Crippen LogP contribution in [0.1, 0.15) is 11.6 Å². The van der Waals surface area contributed by atoms with Crippen molar-refractivity contribution in [3.63, 3.8) is 0 Å². The highest BCUT2D eigenvalue weighted by Crippen LogP contribution is 2.43. The van der Waals surface area contributed by atoms with Gasteiger partial charge in [0.25, 0.3) is 0 Å². The lowest BCUT2D eigenvalue weighted by Gasteiger charge is -2.18. The normalized spacial score (nSPS) is 11.7. The summed E-state index contributed by atoms with van der Waals surface area (Å²) in [6.07, 6.45) is 2.66. The number of aliphatic hydroxyl groups excluding tert-OH is 1. The molecule has 3 N–H and O–H groups in total. The van der Waals surface area contributed by atoms with E-state index in [0.29, 0.717) is 28.4 Å². The zero-order chi connectivity index (χ0) is 24.9. The summed E-state index contributed by atoms with van der Waals surface area (Å²) in [5, 5.41) is 17.0. The van der Waals surface area contributed by atoms with E-state index in [0.717, 1.165) is 22.3 Å². The quantitative estimate of drug-likeness (QED) is 0.244. The van der Waals surface area contributed by atoms with Crippen LogP contribution in [0.4, 0.5) is 11.5 Å². The third-order valence-corrected chi connectivity index (χ3v) is 5.82. The van der Waals surface area contributed by atoms with Gasteiger partial charge in [-0.1, -0.05) is 79.4 Å². The Balaban J connectivity index is 1.70. The fourth-order valence-electron chi connectivity index (χ4n) is 4.14. The molecule has 178 valence electrons. The van der Waals surface area contributed by atoms with Crippen LogP contribution in [0.15, 0.2) is 108 Å². The SMILES string of the molecule is C=CC(=O)Nc1cccc(-c2c(-c3ccccc3)oc3ncnc(N[C@H](CO)c4ccccc4)c23)c1. The van der Waals surface area contributed by atoms with Gasteiger partial charge in [0.05, 0.1) is 18.0 Å². The molecule has 0 aliphatic carbocycles. The van der Waals surface area contributed by atoms with Gasteiger partial charge in [-0.15, -0.1) is 0 Å². The van der Waals surface area contributed by atoms with Gasteiger partial charge in [0, 0.05) is 16.8 Å². The molecule has 1 atom stereocenters. The van der Waals surface area contributed by atoms with Gasteiger partial charge in [-0.3, -0.25) is 4.79 Å². The molecule has 2 heterocycles. The lowest BCUT2D eigenvalue weighted by molar-refractivity contribution is -0.111.